The molecule has 1 saturated carbocycles. The Bertz CT molecular complexity index is 275. The Hall–Kier alpha value is -1.09. The molecule has 0 aromatic carbocycles. The maximum absolute atomic E-state index is 5.70. The van der Waals surface area contributed by atoms with Gasteiger partial charge in [-0.3, -0.25) is 4.98 Å². The molecule has 64 valence electrons. The zero-order valence-electron chi connectivity index (χ0n) is 7.03. The number of hydrogen-bond acceptors (Lipinski definition) is 3. The highest BCUT2D eigenvalue weighted by atomic mass is 16.5. The zero-order chi connectivity index (χ0) is 8.60. The van der Waals surface area contributed by atoms with Crippen molar-refractivity contribution >= 4 is 0 Å². The van der Waals surface area contributed by atoms with Gasteiger partial charge in [-0.05, 0) is 19.1 Å². The first kappa shape index (κ1) is 7.55. The molecule has 0 radical (unpaired) electrons. The fourth-order valence-corrected chi connectivity index (χ4v) is 1.17. The first-order valence-electron chi connectivity index (χ1n) is 4.05. The van der Waals surface area contributed by atoms with E-state index in [4.69, 9.17) is 10.5 Å². The summed E-state index contributed by atoms with van der Waals surface area (Å²) in [4.78, 5) is 3.96. The highest BCUT2D eigenvalue weighted by Crippen LogP contribution is 2.37. The van der Waals surface area contributed by atoms with Crippen LogP contribution in [0.3, 0.4) is 0 Å². The van der Waals surface area contributed by atoms with Gasteiger partial charge >= 0.3 is 0 Å². The molecule has 2 rings (SSSR count). The van der Waals surface area contributed by atoms with Crippen LogP contribution in [0.15, 0.2) is 24.5 Å². The predicted octanol–water partition coefficient (Wildman–Crippen LogP) is 0.950. The van der Waals surface area contributed by atoms with Crippen molar-refractivity contribution in [3.8, 4) is 5.75 Å². The third kappa shape index (κ3) is 1.28. The molecule has 1 heterocycles. The van der Waals surface area contributed by atoms with Crippen molar-refractivity contribution in [3.63, 3.8) is 0 Å². The van der Waals surface area contributed by atoms with Crippen LogP contribution < -0.4 is 10.5 Å². The third-order valence-electron chi connectivity index (χ3n) is 2.23. The minimum Gasteiger partial charge on any atom is -0.484 e. The summed E-state index contributed by atoms with van der Waals surface area (Å²) in [6.07, 6.45) is 4.36. The summed E-state index contributed by atoms with van der Waals surface area (Å²) in [7, 11) is 0. The number of hydrogen-bond donors (Lipinski definition) is 1. The van der Waals surface area contributed by atoms with E-state index in [2.05, 4.69) is 4.98 Å². The second-order valence-corrected chi connectivity index (χ2v) is 3.41. The van der Waals surface area contributed by atoms with Gasteiger partial charge in [-0.1, -0.05) is 0 Å². The molecule has 0 spiro atoms. The summed E-state index contributed by atoms with van der Waals surface area (Å²) in [5.74, 6) is 0.799. The number of nitrogens with zero attached hydrogens (tertiary/aromatic N) is 1. The molecule has 3 heteroatoms. The van der Waals surface area contributed by atoms with Gasteiger partial charge in [0, 0.05) is 18.7 Å². The second-order valence-electron chi connectivity index (χ2n) is 3.41. The van der Waals surface area contributed by atoms with Crippen molar-refractivity contribution in [1.29, 1.82) is 0 Å². The smallest absolute Gasteiger partial charge is 0.138 e. The quantitative estimate of drug-likeness (QED) is 0.708. The first-order chi connectivity index (χ1) is 5.71. The SMILES string of the molecule is CC1(Oc2cccnc2)CC1N. The number of ether oxygens (including phenoxy) is 1. The number of pyridine rings is 1. The fourth-order valence-electron chi connectivity index (χ4n) is 1.17. The monoisotopic (exact) mass is 164 g/mol. The number of aromatic nitrogens is 1. The van der Waals surface area contributed by atoms with E-state index in [-0.39, 0.29) is 11.6 Å². The molecular formula is C9H12N2O. The Labute approximate surface area is 71.6 Å². The van der Waals surface area contributed by atoms with Crippen LogP contribution in [0.2, 0.25) is 0 Å². The Balaban J connectivity index is 2.06. The van der Waals surface area contributed by atoms with Crippen molar-refractivity contribution in [2.75, 3.05) is 0 Å². The summed E-state index contributed by atoms with van der Waals surface area (Å²) in [6.45, 7) is 2.02. The van der Waals surface area contributed by atoms with Crippen LogP contribution in [0.25, 0.3) is 0 Å². The van der Waals surface area contributed by atoms with Crippen LogP contribution in [-0.2, 0) is 0 Å². The van der Waals surface area contributed by atoms with E-state index in [1.54, 1.807) is 12.4 Å². The molecule has 0 bridgehead atoms. The average Bonchev–Trinajstić information content (AvgIpc) is 2.61. The normalized spacial score (nSPS) is 33.0. The van der Waals surface area contributed by atoms with Gasteiger partial charge in [0.1, 0.15) is 11.4 Å². The predicted molar refractivity (Wildman–Crippen MR) is 45.9 cm³/mol. The van der Waals surface area contributed by atoms with E-state index >= 15 is 0 Å². The number of nitrogens with two attached hydrogens (primary N) is 1. The minimum atomic E-state index is -0.150. The minimum absolute atomic E-state index is 0.150. The van der Waals surface area contributed by atoms with E-state index in [0.717, 1.165) is 12.2 Å². The van der Waals surface area contributed by atoms with Gasteiger partial charge in [-0.2, -0.15) is 0 Å². The lowest BCUT2D eigenvalue weighted by Crippen LogP contribution is -2.23. The van der Waals surface area contributed by atoms with Crippen molar-refractivity contribution in [3.05, 3.63) is 24.5 Å². The average molecular weight is 164 g/mol. The molecule has 2 unspecified atom stereocenters. The maximum Gasteiger partial charge on any atom is 0.138 e. The highest BCUT2D eigenvalue weighted by Gasteiger charge is 2.50. The highest BCUT2D eigenvalue weighted by molar-refractivity contribution is 5.20. The fraction of sp³-hybridized carbons (Fsp3) is 0.444. The van der Waals surface area contributed by atoms with Crippen LogP contribution in [0.1, 0.15) is 13.3 Å². The Kier molecular flexibility index (Phi) is 1.54. The Morgan fingerprint density at radius 3 is 3.00 bits per heavy atom. The van der Waals surface area contributed by atoms with Crippen LogP contribution in [0, 0.1) is 0 Å². The molecule has 2 N–H and O–H groups in total. The van der Waals surface area contributed by atoms with Gasteiger partial charge in [0.05, 0.1) is 6.20 Å². The summed E-state index contributed by atoms with van der Waals surface area (Å²) in [5, 5.41) is 0. The molecule has 0 amide bonds. The van der Waals surface area contributed by atoms with Crippen molar-refractivity contribution in [2.24, 2.45) is 5.73 Å². The van der Waals surface area contributed by atoms with E-state index in [1.807, 2.05) is 19.1 Å². The molecule has 3 nitrogen and oxygen atoms in total. The molecule has 12 heavy (non-hydrogen) atoms. The third-order valence-corrected chi connectivity index (χ3v) is 2.23. The Morgan fingerprint density at radius 1 is 1.75 bits per heavy atom. The summed E-state index contributed by atoms with van der Waals surface area (Å²) in [6, 6.07) is 3.92. The van der Waals surface area contributed by atoms with Gasteiger partial charge in [0.25, 0.3) is 0 Å². The maximum atomic E-state index is 5.70. The first-order valence-corrected chi connectivity index (χ1v) is 4.05. The lowest BCUT2D eigenvalue weighted by Gasteiger charge is -2.12. The molecule has 1 aromatic heterocycles. The Morgan fingerprint density at radius 2 is 2.50 bits per heavy atom. The lowest BCUT2D eigenvalue weighted by atomic mass is 10.3. The van der Waals surface area contributed by atoms with Gasteiger partial charge < -0.3 is 10.5 Å². The molecule has 1 fully saturated rings. The lowest BCUT2D eigenvalue weighted by molar-refractivity contribution is 0.192. The second kappa shape index (κ2) is 2.45. The van der Waals surface area contributed by atoms with Crippen LogP contribution >= 0.6 is 0 Å². The molecule has 0 saturated heterocycles. The molecule has 0 aliphatic heterocycles. The van der Waals surface area contributed by atoms with Crippen molar-refractivity contribution < 1.29 is 4.74 Å². The summed E-state index contributed by atoms with van der Waals surface area (Å²) >= 11 is 0. The van der Waals surface area contributed by atoms with Crippen molar-refractivity contribution in [1.82, 2.24) is 4.98 Å². The van der Waals surface area contributed by atoms with Crippen LogP contribution in [-0.4, -0.2) is 16.6 Å². The standard InChI is InChI=1S/C9H12N2O/c1-9(5-8(9)10)12-7-3-2-4-11-6-7/h2-4,6,8H,5,10H2,1H3. The molecule has 1 aromatic rings. The van der Waals surface area contributed by atoms with Gasteiger partial charge in [0.15, 0.2) is 0 Å². The molecule has 1 aliphatic carbocycles. The summed E-state index contributed by atoms with van der Waals surface area (Å²) < 4.78 is 5.64. The number of rotatable bonds is 2. The van der Waals surface area contributed by atoms with Gasteiger partial charge in [-0.25, -0.2) is 0 Å². The molecule has 2 atom stereocenters. The largest absolute Gasteiger partial charge is 0.484 e. The topological polar surface area (TPSA) is 48.1 Å². The zero-order valence-corrected chi connectivity index (χ0v) is 7.03. The van der Waals surface area contributed by atoms with Crippen LogP contribution in [0.5, 0.6) is 5.75 Å². The van der Waals surface area contributed by atoms with E-state index < -0.39 is 0 Å². The molecule has 1 aliphatic rings. The van der Waals surface area contributed by atoms with Crippen molar-refractivity contribution in [2.45, 2.75) is 25.0 Å². The van der Waals surface area contributed by atoms with Gasteiger partial charge in [0.2, 0.25) is 0 Å². The van der Waals surface area contributed by atoms with Crippen LogP contribution in [0.4, 0.5) is 0 Å². The van der Waals surface area contributed by atoms with Gasteiger partial charge in [-0.15, -0.1) is 0 Å². The van der Waals surface area contributed by atoms with E-state index in [0.29, 0.717) is 0 Å². The summed E-state index contributed by atoms with van der Waals surface area (Å²) in [5.41, 5.74) is 5.55. The van der Waals surface area contributed by atoms with E-state index in [1.165, 1.54) is 0 Å². The molecular weight excluding hydrogens is 152 g/mol. The van der Waals surface area contributed by atoms with E-state index in [9.17, 15) is 0 Å².